The Morgan fingerprint density at radius 2 is 2.18 bits per heavy atom. The zero-order chi connectivity index (χ0) is 12.6. The highest BCUT2D eigenvalue weighted by Crippen LogP contribution is 2.34. The van der Waals surface area contributed by atoms with Gasteiger partial charge in [-0.15, -0.1) is 0 Å². The molecule has 1 aromatic carbocycles. The SMILES string of the molecule is O=C(O)c1cc(-c2c(O)ccc(Cl)c2F)no1. The van der Waals surface area contributed by atoms with E-state index in [1.54, 1.807) is 0 Å². The number of nitrogens with zero attached hydrogens (tertiary/aromatic N) is 1. The smallest absolute Gasteiger partial charge is 0.374 e. The number of benzene rings is 1. The zero-order valence-electron chi connectivity index (χ0n) is 8.15. The molecule has 0 bridgehead atoms. The van der Waals surface area contributed by atoms with Crippen LogP contribution in [-0.2, 0) is 0 Å². The van der Waals surface area contributed by atoms with Crippen LogP contribution in [-0.4, -0.2) is 21.3 Å². The zero-order valence-corrected chi connectivity index (χ0v) is 8.90. The number of hydrogen-bond donors (Lipinski definition) is 2. The molecule has 17 heavy (non-hydrogen) atoms. The van der Waals surface area contributed by atoms with Crippen molar-refractivity contribution in [2.75, 3.05) is 0 Å². The van der Waals surface area contributed by atoms with E-state index in [2.05, 4.69) is 9.68 Å². The summed E-state index contributed by atoms with van der Waals surface area (Å²) in [6, 6.07) is 3.35. The van der Waals surface area contributed by atoms with Crippen LogP contribution < -0.4 is 0 Å². The molecule has 1 aromatic heterocycles. The molecule has 88 valence electrons. The number of aromatic hydroxyl groups is 1. The van der Waals surface area contributed by atoms with Gasteiger partial charge in [0, 0.05) is 6.07 Å². The first-order valence-corrected chi connectivity index (χ1v) is 4.76. The van der Waals surface area contributed by atoms with E-state index in [1.807, 2.05) is 0 Å². The standard InChI is InChI=1S/C10H5ClFNO4/c11-4-1-2-6(14)8(9(4)12)5-3-7(10(15)16)17-13-5/h1-3,14H,(H,15,16). The maximum Gasteiger partial charge on any atom is 0.374 e. The lowest BCUT2D eigenvalue weighted by atomic mass is 10.1. The maximum absolute atomic E-state index is 13.6. The highest BCUT2D eigenvalue weighted by molar-refractivity contribution is 6.31. The minimum Gasteiger partial charge on any atom is -0.507 e. The summed E-state index contributed by atoms with van der Waals surface area (Å²) in [5, 5.41) is 21.3. The molecule has 0 radical (unpaired) electrons. The van der Waals surface area contributed by atoms with Gasteiger partial charge < -0.3 is 14.7 Å². The molecule has 0 aliphatic heterocycles. The van der Waals surface area contributed by atoms with Gasteiger partial charge >= 0.3 is 5.97 Å². The van der Waals surface area contributed by atoms with Crippen LogP contribution in [0.4, 0.5) is 4.39 Å². The first-order chi connectivity index (χ1) is 8.00. The number of phenols is 1. The molecule has 0 aliphatic carbocycles. The fourth-order valence-electron chi connectivity index (χ4n) is 1.28. The second-order valence-electron chi connectivity index (χ2n) is 3.14. The highest BCUT2D eigenvalue weighted by atomic mass is 35.5. The number of carboxylic acids is 1. The molecule has 0 spiro atoms. The summed E-state index contributed by atoms with van der Waals surface area (Å²) < 4.78 is 18.1. The Balaban J connectivity index is 2.60. The Morgan fingerprint density at radius 3 is 2.76 bits per heavy atom. The van der Waals surface area contributed by atoms with Crippen LogP contribution >= 0.6 is 11.6 Å². The third-order valence-corrected chi connectivity index (χ3v) is 2.34. The molecule has 1 heterocycles. The molecule has 0 amide bonds. The molecular weight excluding hydrogens is 253 g/mol. The first-order valence-electron chi connectivity index (χ1n) is 4.38. The molecule has 0 unspecified atom stereocenters. The van der Waals surface area contributed by atoms with Crippen LogP contribution in [0.5, 0.6) is 5.75 Å². The largest absolute Gasteiger partial charge is 0.507 e. The molecule has 5 nitrogen and oxygen atoms in total. The number of rotatable bonds is 2. The van der Waals surface area contributed by atoms with E-state index in [-0.39, 0.29) is 16.3 Å². The third-order valence-electron chi connectivity index (χ3n) is 2.05. The second kappa shape index (κ2) is 4.06. The number of aromatic nitrogens is 1. The van der Waals surface area contributed by atoms with Crippen molar-refractivity contribution in [3.8, 4) is 17.0 Å². The Hall–Kier alpha value is -2.08. The lowest BCUT2D eigenvalue weighted by molar-refractivity contribution is 0.0652. The van der Waals surface area contributed by atoms with Crippen molar-refractivity contribution < 1.29 is 23.9 Å². The van der Waals surface area contributed by atoms with E-state index in [0.29, 0.717) is 0 Å². The van der Waals surface area contributed by atoms with Crippen LogP contribution in [0, 0.1) is 5.82 Å². The summed E-state index contributed by atoms with van der Waals surface area (Å²) in [6.45, 7) is 0. The van der Waals surface area contributed by atoms with Gasteiger partial charge in [0.2, 0.25) is 5.76 Å². The summed E-state index contributed by atoms with van der Waals surface area (Å²) in [4.78, 5) is 10.6. The summed E-state index contributed by atoms with van der Waals surface area (Å²) >= 11 is 5.54. The molecule has 2 aromatic rings. The molecule has 0 atom stereocenters. The average molecular weight is 258 g/mol. The van der Waals surface area contributed by atoms with Crippen LogP contribution in [0.1, 0.15) is 10.6 Å². The average Bonchev–Trinajstić information content (AvgIpc) is 2.73. The Kier molecular flexibility index (Phi) is 2.72. The number of hydrogen-bond acceptors (Lipinski definition) is 4. The van der Waals surface area contributed by atoms with Crippen LogP contribution in [0.2, 0.25) is 5.02 Å². The Bertz CT molecular complexity index is 596. The van der Waals surface area contributed by atoms with E-state index < -0.39 is 23.3 Å². The monoisotopic (exact) mass is 257 g/mol. The van der Waals surface area contributed by atoms with Crippen LogP contribution in [0.15, 0.2) is 22.7 Å². The number of halogens is 2. The molecule has 2 rings (SSSR count). The van der Waals surface area contributed by atoms with Crippen molar-refractivity contribution in [3.63, 3.8) is 0 Å². The van der Waals surface area contributed by atoms with Gasteiger partial charge in [-0.05, 0) is 12.1 Å². The van der Waals surface area contributed by atoms with Gasteiger partial charge in [0.1, 0.15) is 11.4 Å². The van der Waals surface area contributed by atoms with Gasteiger partial charge in [-0.1, -0.05) is 16.8 Å². The summed E-state index contributed by atoms with van der Waals surface area (Å²) in [5.74, 6) is -3.10. The van der Waals surface area contributed by atoms with Crippen molar-refractivity contribution in [2.45, 2.75) is 0 Å². The third kappa shape index (κ3) is 1.94. The number of phenolic OH excluding ortho intramolecular Hbond substituents is 1. The normalized spacial score (nSPS) is 10.5. The van der Waals surface area contributed by atoms with Crippen molar-refractivity contribution >= 4 is 17.6 Å². The lowest BCUT2D eigenvalue weighted by Gasteiger charge is -2.03. The van der Waals surface area contributed by atoms with Crippen molar-refractivity contribution in [1.29, 1.82) is 0 Å². The van der Waals surface area contributed by atoms with E-state index >= 15 is 0 Å². The predicted octanol–water partition coefficient (Wildman–Crippen LogP) is 2.54. The minimum absolute atomic E-state index is 0.139. The maximum atomic E-state index is 13.6. The minimum atomic E-state index is -1.34. The number of carbonyl (C=O) groups is 1. The van der Waals surface area contributed by atoms with Gasteiger partial charge in [-0.3, -0.25) is 0 Å². The van der Waals surface area contributed by atoms with E-state index in [1.165, 1.54) is 12.1 Å². The summed E-state index contributed by atoms with van der Waals surface area (Å²) in [7, 11) is 0. The molecule has 0 saturated carbocycles. The van der Waals surface area contributed by atoms with Gasteiger partial charge in [0.05, 0.1) is 10.6 Å². The van der Waals surface area contributed by atoms with Crippen molar-refractivity contribution in [2.24, 2.45) is 0 Å². The first kappa shape index (κ1) is 11.4. The highest BCUT2D eigenvalue weighted by Gasteiger charge is 2.20. The Morgan fingerprint density at radius 1 is 1.47 bits per heavy atom. The molecule has 0 saturated heterocycles. The second-order valence-corrected chi connectivity index (χ2v) is 3.54. The number of carboxylic acid groups (broad SMARTS) is 1. The fourth-order valence-corrected chi connectivity index (χ4v) is 1.44. The molecule has 2 N–H and O–H groups in total. The lowest BCUT2D eigenvalue weighted by Crippen LogP contribution is -1.92. The molecule has 0 fully saturated rings. The van der Waals surface area contributed by atoms with Gasteiger partial charge in [0.25, 0.3) is 0 Å². The van der Waals surface area contributed by atoms with Crippen LogP contribution in [0.25, 0.3) is 11.3 Å². The van der Waals surface area contributed by atoms with Crippen LogP contribution in [0.3, 0.4) is 0 Å². The molecule has 7 heteroatoms. The number of aromatic carboxylic acids is 1. The quantitative estimate of drug-likeness (QED) is 0.864. The predicted molar refractivity (Wildman–Crippen MR) is 55.5 cm³/mol. The van der Waals surface area contributed by atoms with Gasteiger partial charge in [0.15, 0.2) is 5.82 Å². The van der Waals surface area contributed by atoms with E-state index in [4.69, 9.17) is 16.7 Å². The Labute approximate surface area is 99.0 Å². The van der Waals surface area contributed by atoms with E-state index in [0.717, 1.165) is 6.07 Å². The fraction of sp³-hybridized carbons (Fsp3) is 0. The topological polar surface area (TPSA) is 83.6 Å². The molecular formula is C10H5ClFNO4. The van der Waals surface area contributed by atoms with Gasteiger partial charge in [-0.25, -0.2) is 9.18 Å². The van der Waals surface area contributed by atoms with E-state index in [9.17, 15) is 14.3 Å². The van der Waals surface area contributed by atoms with Crippen molar-refractivity contribution in [3.05, 3.63) is 34.8 Å². The van der Waals surface area contributed by atoms with Gasteiger partial charge in [-0.2, -0.15) is 0 Å². The summed E-state index contributed by atoms with van der Waals surface area (Å²) in [5.41, 5.74) is -0.436. The summed E-state index contributed by atoms with van der Waals surface area (Å²) in [6.07, 6.45) is 0. The van der Waals surface area contributed by atoms with Crippen molar-refractivity contribution in [1.82, 2.24) is 5.16 Å². The molecule has 0 aliphatic rings.